The number of ether oxygens (including phenoxy) is 2. The van der Waals surface area contributed by atoms with Crippen molar-refractivity contribution in [1.82, 2.24) is 0 Å². The second kappa shape index (κ2) is 8.18. The lowest BCUT2D eigenvalue weighted by Crippen LogP contribution is -2.39. The molecule has 0 aliphatic carbocycles. The average Bonchev–Trinajstić information content (AvgIpc) is 2.40. The van der Waals surface area contributed by atoms with Crippen molar-refractivity contribution < 1.29 is 19.1 Å². The van der Waals surface area contributed by atoms with Crippen LogP contribution in [0.4, 0.5) is 0 Å². The molecule has 4 nitrogen and oxygen atoms in total. The number of esters is 2. The second-order valence-electron chi connectivity index (χ2n) is 4.13. The molecule has 0 aromatic carbocycles. The van der Waals surface area contributed by atoms with E-state index < -0.39 is 17.4 Å². The third-order valence-corrected chi connectivity index (χ3v) is 2.38. The first-order valence-corrected chi connectivity index (χ1v) is 5.98. The van der Waals surface area contributed by atoms with Crippen LogP contribution in [0, 0.1) is 17.3 Å². The fraction of sp³-hybridized carbons (Fsp3) is 0.533. The Balaban J connectivity index is 5.79. The van der Waals surface area contributed by atoms with Gasteiger partial charge in [0.05, 0.1) is 14.2 Å². The first kappa shape index (κ1) is 17.0. The van der Waals surface area contributed by atoms with Gasteiger partial charge in [-0.1, -0.05) is 6.92 Å². The number of hydrogen-bond donors (Lipinski definition) is 0. The molecule has 0 aliphatic rings. The van der Waals surface area contributed by atoms with Crippen LogP contribution in [0.3, 0.4) is 0 Å². The molecule has 0 bridgehead atoms. The number of carbonyl (C=O) groups is 2. The molecule has 0 unspecified atom stereocenters. The molecule has 0 aliphatic heterocycles. The molecule has 0 saturated heterocycles. The van der Waals surface area contributed by atoms with Crippen molar-refractivity contribution in [2.24, 2.45) is 5.41 Å². The predicted molar refractivity (Wildman–Crippen MR) is 72.1 cm³/mol. The fourth-order valence-electron chi connectivity index (χ4n) is 1.36. The van der Waals surface area contributed by atoms with Gasteiger partial charge in [-0.05, 0) is 25.5 Å². The summed E-state index contributed by atoms with van der Waals surface area (Å²) in [6, 6.07) is 0. The van der Waals surface area contributed by atoms with Gasteiger partial charge in [0.1, 0.15) is 0 Å². The van der Waals surface area contributed by atoms with Crippen molar-refractivity contribution in [3.63, 3.8) is 0 Å². The molecule has 0 saturated carbocycles. The first-order valence-electron chi connectivity index (χ1n) is 5.98. The fourth-order valence-corrected chi connectivity index (χ4v) is 1.36. The van der Waals surface area contributed by atoms with Crippen LogP contribution in [0.1, 0.15) is 33.6 Å². The highest BCUT2D eigenvalue weighted by molar-refractivity contribution is 6.02. The summed E-state index contributed by atoms with van der Waals surface area (Å²) in [5.74, 6) is 4.24. The molecule has 0 heterocycles. The third kappa shape index (κ3) is 4.65. The summed E-state index contributed by atoms with van der Waals surface area (Å²) < 4.78 is 9.43. The zero-order valence-electron chi connectivity index (χ0n) is 12.1. The Hall–Kier alpha value is -1.98. The average molecular weight is 264 g/mol. The van der Waals surface area contributed by atoms with E-state index in [-0.39, 0.29) is 6.42 Å². The van der Waals surface area contributed by atoms with Gasteiger partial charge in [0.2, 0.25) is 5.41 Å². The second-order valence-corrected chi connectivity index (χ2v) is 4.13. The van der Waals surface area contributed by atoms with Crippen LogP contribution >= 0.6 is 0 Å². The van der Waals surface area contributed by atoms with Crippen LogP contribution < -0.4 is 0 Å². The normalized spacial score (nSPS) is 9.53. The minimum absolute atomic E-state index is 0.0144. The van der Waals surface area contributed by atoms with E-state index in [4.69, 9.17) is 9.47 Å². The van der Waals surface area contributed by atoms with Crippen LogP contribution in [-0.4, -0.2) is 26.2 Å². The molecule has 19 heavy (non-hydrogen) atoms. The Labute approximate surface area is 114 Å². The summed E-state index contributed by atoms with van der Waals surface area (Å²) in [6.07, 6.45) is 2.04. The molecule has 0 fully saturated rings. The maximum absolute atomic E-state index is 12.0. The maximum atomic E-state index is 12.0. The van der Waals surface area contributed by atoms with Crippen molar-refractivity contribution in [1.29, 1.82) is 0 Å². The molecule has 4 heteroatoms. The predicted octanol–water partition coefficient (Wildman–Crippen LogP) is 2.24. The summed E-state index contributed by atoms with van der Waals surface area (Å²) in [6.45, 7) is 5.51. The standard InChI is InChI=1S/C15H20O4/c1-6-7-8-10-15(13(16)18-4,14(17)19-5)11-9-12(2)3/h11H,6,10H2,1-5H3. The van der Waals surface area contributed by atoms with Crippen molar-refractivity contribution in [3.8, 4) is 11.8 Å². The number of carbonyl (C=O) groups excluding carboxylic acids is 2. The SMILES string of the molecule is CCC#CCC(C=C=C(C)C)(C(=O)OC)C(=O)OC. The number of methoxy groups -OCH3 is 2. The lowest BCUT2D eigenvalue weighted by Gasteiger charge is -2.21. The maximum Gasteiger partial charge on any atom is 0.328 e. The molecule has 0 spiro atoms. The summed E-state index contributed by atoms with van der Waals surface area (Å²) in [5.41, 5.74) is 2.15. The molecule has 104 valence electrons. The Bertz CT molecular complexity index is 436. The highest BCUT2D eigenvalue weighted by Crippen LogP contribution is 2.27. The lowest BCUT2D eigenvalue weighted by atomic mass is 9.84. The van der Waals surface area contributed by atoms with Crippen molar-refractivity contribution in [3.05, 3.63) is 17.4 Å². The van der Waals surface area contributed by atoms with Gasteiger partial charge < -0.3 is 9.47 Å². The van der Waals surface area contributed by atoms with Gasteiger partial charge in [0.25, 0.3) is 0 Å². The lowest BCUT2D eigenvalue weighted by molar-refractivity contribution is -0.164. The van der Waals surface area contributed by atoms with E-state index in [1.165, 1.54) is 20.3 Å². The monoisotopic (exact) mass is 264 g/mol. The number of hydrogen-bond acceptors (Lipinski definition) is 4. The zero-order valence-corrected chi connectivity index (χ0v) is 12.1. The zero-order chi connectivity index (χ0) is 14.9. The van der Waals surface area contributed by atoms with Crippen LogP contribution in [0.2, 0.25) is 0 Å². The molecular formula is C15H20O4. The van der Waals surface area contributed by atoms with E-state index in [0.29, 0.717) is 6.42 Å². The van der Waals surface area contributed by atoms with Gasteiger partial charge in [-0.25, -0.2) is 0 Å². The quantitative estimate of drug-likeness (QED) is 0.338. The van der Waals surface area contributed by atoms with Gasteiger partial charge >= 0.3 is 11.9 Å². The van der Waals surface area contributed by atoms with Gasteiger partial charge in [0.15, 0.2) is 0 Å². The van der Waals surface area contributed by atoms with E-state index in [0.717, 1.165) is 5.57 Å². The van der Waals surface area contributed by atoms with E-state index >= 15 is 0 Å². The minimum atomic E-state index is -1.55. The van der Waals surface area contributed by atoms with Gasteiger partial charge in [-0.2, -0.15) is 0 Å². The van der Waals surface area contributed by atoms with Crippen LogP contribution in [-0.2, 0) is 19.1 Å². The third-order valence-electron chi connectivity index (χ3n) is 2.38. The van der Waals surface area contributed by atoms with Crippen molar-refractivity contribution >= 4 is 11.9 Å². The Morgan fingerprint density at radius 2 is 1.63 bits per heavy atom. The van der Waals surface area contributed by atoms with E-state index in [1.54, 1.807) is 0 Å². The topological polar surface area (TPSA) is 52.6 Å². The summed E-state index contributed by atoms with van der Waals surface area (Å²) in [5, 5.41) is 0. The van der Waals surface area contributed by atoms with Gasteiger partial charge in [-0.15, -0.1) is 17.6 Å². The van der Waals surface area contributed by atoms with Crippen molar-refractivity contribution in [2.45, 2.75) is 33.6 Å². The summed E-state index contributed by atoms with van der Waals surface area (Å²) >= 11 is 0. The molecule has 0 N–H and O–H groups in total. The molecule has 0 aromatic heterocycles. The number of rotatable bonds is 4. The van der Waals surface area contributed by atoms with Crippen LogP contribution in [0.25, 0.3) is 0 Å². The highest BCUT2D eigenvalue weighted by Gasteiger charge is 2.46. The van der Waals surface area contributed by atoms with E-state index in [2.05, 4.69) is 17.6 Å². The minimum Gasteiger partial charge on any atom is -0.468 e. The Kier molecular flexibility index (Phi) is 7.33. The van der Waals surface area contributed by atoms with E-state index in [1.807, 2.05) is 20.8 Å². The Morgan fingerprint density at radius 1 is 1.11 bits per heavy atom. The smallest absolute Gasteiger partial charge is 0.328 e. The van der Waals surface area contributed by atoms with Crippen LogP contribution in [0.15, 0.2) is 17.4 Å². The molecule has 0 rings (SSSR count). The van der Waals surface area contributed by atoms with E-state index in [9.17, 15) is 9.59 Å². The first-order chi connectivity index (χ1) is 8.94. The van der Waals surface area contributed by atoms with Crippen LogP contribution in [0.5, 0.6) is 0 Å². The molecule has 0 amide bonds. The summed E-state index contributed by atoms with van der Waals surface area (Å²) in [7, 11) is 2.45. The Morgan fingerprint density at radius 3 is 2.00 bits per heavy atom. The molecule has 0 radical (unpaired) electrons. The van der Waals surface area contributed by atoms with Gasteiger partial charge in [0, 0.05) is 12.8 Å². The molecule has 0 atom stereocenters. The molecule has 0 aromatic rings. The molecular weight excluding hydrogens is 244 g/mol. The van der Waals surface area contributed by atoms with Gasteiger partial charge in [-0.3, -0.25) is 9.59 Å². The largest absolute Gasteiger partial charge is 0.468 e. The van der Waals surface area contributed by atoms with Crippen molar-refractivity contribution in [2.75, 3.05) is 14.2 Å². The highest BCUT2D eigenvalue weighted by atomic mass is 16.5. The summed E-state index contributed by atoms with van der Waals surface area (Å²) in [4.78, 5) is 23.9.